The van der Waals surface area contributed by atoms with E-state index in [2.05, 4.69) is 33.5 Å². The van der Waals surface area contributed by atoms with Gasteiger partial charge in [-0.3, -0.25) is 14.4 Å². The van der Waals surface area contributed by atoms with Crippen LogP contribution in [0.25, 0.3) is 0 Å². The number of fused-ring (bicyclic) bond motifs is 1. The Morgan fingerprint density at radius 1 is 1.21 bits per heavy atom. The lowest BCUT2D eigenvalue weighted by Crippen LogP contribution is -2.56. The van der Waals surface area contributed by atoms with Gasteiger partial charge in [0, 0.05) is 35.8 Å². The zero-order chi connectivity index (χ0) is 24.2. The van der Waals surface area contributed by atoms with Gasteiger partial charge in [-0.05, 0) is 39.0 Å². The van der Waals surface area contributed by atoms with Crippen molar-refractivity contribution in [3.8, 4) is 0 Å². The summed E-state index contributed by atoms with van der Waals surface area (Å²) < 4.78 is -0.564. The van der Waals surface area contributed by atoms with Gasteiger partial charge in [0.1, 0.15) is 6.04 Å². The van der Waals surface area contributed by atoms with Crippen LogP contribution in [0.1, 0.15) is 72.1 Å². The van der Waals surface area contributed by atoms with Crippen LogP contribution in [0.15, 0.2) is 0 Å². The standard InChI is InChI=1S/C24H40BrN3O4S/c1-4-10-15(3)27-22(31)20-24-14-16(25)19(33-24)17(21(30)26-11-5-2)18(24)23(32)28(20)12-8-6-7-9-13-29/h15-20,29H,4-14H2,1-3H3,(H,26,30)(H,27,31)/t15?,16?,17-,18-,19-,20?,24?/m0/s1. The predicted molar refractivity (Wildman–Crippen MR) is 135 cm³/mol. The number of likely N-dealkylation sites (tertiary alicyclic amines) is 1. The van der Waals surface area contributed by atoms with Crippen molar-refractivity contribution in [2.45, 2.75) is 99.0 Å². The number of halogens is 1. The van der Waals surface area contributed by atoms with Crippen molar-refractivity contribution in [3.05, 3.63) is 0 Å². The molecule has 3 heterocycles. The Kier molecular flexibility index (Phi) is 9.55. The second-order valence-corrected chi connectivity index (χ2v) is 12.5. The van der Waals surface area contributed by atoms with Gasteiger partial charge < -0.3 is 20.6 Å². The zero-order valence-electron chi connectivity index (χ0n) is 20.1. The summed E-state index contributed by atoms with van der Waals surface area (Å²) in [5.74, 6) is -1.03. The number of alkyl halides is 1. The lowest BCUT2D eigenvalue weighted by atomic mass is 9.70. The SMILES string of the molecule is CCCNC(=O)[C@H]1[C@H]2C(=O)N(CCCCCCO)C(C(=O)NC(C)CCC)C23CC(Br)[C@@H]1S3. The van der Waals surface area contributed by atoms with E-state index in [1.165, 1.54) is 0 Å². The molecule has 3 N–H and O–H groups in total. The first-order chi connectivity index (χ1) is 15.8. The van der Waals surface area contributed by atoms with Crippen LogP contribution in [0.3, 0.4) is 0 Å². The first-order valence-electron chi connectivity index (χ1n) is 12.6. The fourth-order valence-corrected chi connectivity index (χ4v) is 9.52. The van der Waals surface area contributed by atoms with E-state index in [0.29, 0.717) is 13.1 Å². The Hall–Kier alpha value is -0.800. The number of thioether (sulfide) groups is 1. The Labute approximate surface area is 210 Å². The molecule has 0 aromatic heterocycles. The van der Waals surface area contributed by atoms with Gasteiger partial charge in [0.15, 0.2) is 0 Å². The van der Waals surface area contributed by atoms with Crippen molar-refractivity contribution in [3.63, 3.8) is 0 Å². The number of nitrogens with zero attached hydrogens (tertiary/aromatic N) is 1. The number of amides is 3. The normalized spacial score (nSPS) is 33.3. The number of hydrogen-bond donors (Lipinski definition) is 3. The molecule has 2 bridgehead atoms. The average Bonchev–Trinajstić information content (AvgIpc) is 3.35. The third-order valence-electron chi connectivity index (χ3n) is 7.31. The summed E-state index contributed by atoms with van der Waals surface area (Å²) in [6, 6.07) is -0.502. The number of aliphatic hydroxyl groups excluding tert-OH is 1. The molecule has 188 valence electrons. The van der Waals surface area contributed by atoms with Crippen LogP contribution in [0.2, 0.25) is 0 Å². The molecule has 4 unspecified atom stereocenters. The molecule has 3 aliphatic heterocycles. The molecule has 3 rings (SSSR count). The number of unbranched alkanes of at least 4 members (excludes halogenated alkanes) is 3. The van der Waals surface area contributed by atoms with Crippen LogP contribution in [0.5, 0.6) is 0 Å². The van der Waals surface area contributed by atoms with Crippen molar-refractivity contribution in [1.29, 1.82) is 0 Å². The number of carbonyl (C=O) groups is 3. The molecular weight excluding hydrogens is 506 g/mol. The van der Waals surface area contributed by atoms with E-state index < -0.39 is 22.6 Å². The molecular formula is C24H40BrN3O4S. The summed E-state index contributed by atoms with van der Waals surface area (Å²) in [7, 11) is 0. The number of hydrogen-bond acceptors (Lipinski definition) is 5. The van der Waals surface area contributed by atoms with Gasteiger partial charge in [-0.25, -0.2) is 0 Å². The maximum atomic E-state index is 13.8. The van der Waals surface area contributed by atoms with Crippen LogP contribution in [0.4, 0.5) is 0 Å². The summed E-state index contributed by atoms with van der Waals surface area (Å²) in [4.78, 5) is 42.5. The van der Waals surface area contributed by atoms with Gasteiger partial charge >= 0.3 is 0 Å². The molecule has 0 saturated carbocycles. The van der Waals surface area contributed by atoms with Crippen molar-refractivity contribution in [2.24, 2.45) is 11.8 Å². The second-order valence-electron chi connectivity index (χ2n) is 9.82. The van der Waals surface area contributed by atoms with E-state index in [-0.39, 0.29) is 40.4 Å². The maximum absolute atomic E-state index is 13.8. The molecule has 3 aliphatic rings. The topological polar surface area (TPSA) is 98.7 Å². The average molecular weight is 547 g/mol. The van der Waals surface area contributed by atoms with Gasteiger partial charge in [-0.15, -0.1) is 11.8 Å². The summed E-state index contributed by atoms with van der Waals surface area (Å²) in [6.45, 7) is 7.42. The van der Waals surface area contributed by atoms with E-state index >= 15 is 0 Å². The summed E-state index contributed by atoms with van der Waals surface area (Å²) in [6.07, 6.45) is 6.79. The molecule has 7 atom stereocenters. The maximum Gasteiger partial charge on any atom is 0.244 e. The quantitative estimate of drug-likeness (QED) is 0.244. The van der Waals surface area contributed by atoms with E-state index in [0.717, 1.165) is 51.4 Å². The van der Waals surface area contributed by atoms with E-state index in [1.54, 1.807) is 16.7 Å². The molecule has 0 radical (unpaired) electrons. The fraction of sp³-hybridized carbons (Fsp3) is 0.875. The third-order valence-corrected chi connectivity index (χ3v) is 10.5. The zero-order valence-corrected chi connectivity index (χ0v) is 22.6. The smallest absolute Gasteiger partial charge is 0.244 e. The van der Waals surface area contributed by atoms with Gasteiger partial charge in [0.25, 0.3) is 0 Å². The third kappa shape index (κ3) is 5.25. The molecule has 0 aromatic carbocycles. The molecule has 3 amide bonds. The lowest BCUT2D eigenvalue weighted by Gasteiger charge is -2.36. The number of aliphatic hydroxyl groups is 1. The largest absolute Gasteiger partial charge is 0.396 e. The molecule has 3 fully saturated rings. The highest BCUT2D eigenvalue weighted by Crippen LogP contribution is 2.67. The molecule has 0 aliphatic carbocycles. The van der Waals surface area contributed by atoms with Crippen molar-refractivity contribution in [1.82, 2.24) is 15.5 Å². The number of nitrogens with one attached hydrogen (secondary N) is 2. The Bertz CT molecular complexity index is 726. The minimum atomic E-state index is -0.564. The van der Waals surface area contributed by atoms with Gasteiger partial charge in [0.2, 0.25) is 17.7 Å². The van der Waals surface area contributed by atoms with E-state index in [9.17, 15) is 14.4 Å². The van der Waals surface area contributed by atoms with Crippen LogP contribution in [-0.4, -0.2) is 74.3 Å². The summed E-state index contributed by atoms with van der Waals surface area (Å²) in [5.41, 5.74) is 0. The molecule has 0 aromatic rings. The molecule has 1 spiro atoms. The second kappa shape index (κ2) is 11.8. The minimum Gasteiger partial charge on any atom is -0.396 e. The Morgan fingerprint density at radius 2 is 1.94 bits per heavy atom. The highest BCUT2D eigenvalue weighted by Gasteiger charge is 2.75. The minimum absolute atomic E-state index is 0.00544. The number of rotatable bonds is 13. The van der Waals surface area contributed by atoms with Crippen LogP contribution in [0, 0.1) is 11.8 Å². The summed E-state index contributed by atoms with van der Waals surface area (Å²) in [5, 5.41) is 15.2. The lowest BCUT2D eigenvalue weighted by molar-refractivity contribution is -0.140. The predicted octanol–water partition coefficient (Wildman–Crippen LogP) is 2.83. The first kappa shape index (κ1) is 26.8. The van der Waals surface area contributed by atoms with Gasteiger partial charge in [0.05, 0.1) is 16.6 Å². The van der Waals surface area contributed by atoms with Crippen LogP contribution < -0.4 is 10.6 Å². The monoisotopic (exact) mass is 545 g/mol. The van der Waals surface area contributed by atoms with Gasteiger partial charge in [-0.2, -0.15) is 0 Å². The van der Waals surface area contributed by atoms with Gasteiger partial charge in [-0.1, -0.05) is 49.0 Å². The van der Waals surface area contributed by atoms with Crippen molar-refractivity contribution >= 4 is 45.4 Å². The van der Waals surface area contributed by atoms with Crippen LogP contribution >= 0.6 is 27.7 Å². The Morgan fingerprint density at radius 3 is 2.61 bits per heavy atom. The summed E-state index contributed by atoms with van der Waals surface area (Å²) >= 11 is 5.49. The van der Waals surface area contributed by atoms with Crippen molar-refractivity contribution < 1.29 is 19.5 Å². The van der Waals surface area contributed by atoms with E-state index in [1.807, 2.05) is 13.8 Å². The highest BCUT2D eigenvalue weighted by atomic mass is 79.9. The van der Waals surface area contributed by atoms with Crippen LogP contribution in [-0.2, 0) is 14.4 Å². The van der Waals surface area contributed by atoms with Crippen molar-refractivity contribution in [2.75, 3.05) is 19.7 Å². The highest BCUT2D eigenvalue weighted by molar-refractivity contribution is 9.09. The Balaban J connectivity index is 1.87. The number of carbonyl (C=O) groups excluding carboxylic acids is 3. The molecule has 9 heteroatoms. The first-order valence-corrected chi connectivity index (χ1v) is 14.4. The molecule has 7 nitrogen and oxygen atoms in total. The molecule has 33 heavy (non-hydrogen) atoms. The molecule has 3 saturated heterocycles. The fourth-order valence-electron chi connectivity index (χ4n) is 5.91. The van der Waals surface area contributed by atoms with E-state index in [4.69, 9.17) is 5.11 Å².